The number of para-hydroxylation sites is 1. The molecule has 122 valence electrons. The van der Waals surface area contributed by atoms with E-state index in [2.05, 4.69) is 5.32 Å². The fraction of sp³-hybridized carbons (Fsp3) is 0.150. The summed E-state index contributed by atoms with van der Waals surface area (Å²) in [6.07, 6.45) is 0. The molecule has 1 aromatic heterocycles. The molecule has 0 fully saturated rings. The van der Waals surface area contributed by atoms with Crippen LogP contribution in [0.2, 0.25) is 0 Å². The van der Waals surface area contributed by atoms with E-state index in [1.54, 1.807) is 11.3 Å². The molecule has 1 atom stereocenters. The highest BCUT2D eigenvalue weighted by Gasteiger charge is 2.18. The van der Waals surface area contributed by atoms with Crippen molar-refractivity contribution in [1.29, 1.82) is 0 Å². The van der Waals surface area contributed by atoms with Crippen molar-refractivity contribution in [1.82, 2.24) is 5.32 Å². The quantitative estimate of drug-likeness (QED) is 0.726. The van der Waals surface area contributed by atoms with Crippen molar-refractivity contribution in [3.8, 4) is 5.75 Å². The smallest absolute Gasteiger partial charge is 0.258 e. The third-order valence-corrected chi connectivity index (χ3v) is 4.66. The Morgan fingerprint density at radius 3 is 2.50 bits per heavy atom. The lowest BCUT2D eigenvalue weighted by Crippen LogP contribution is -2.33. The van der Waals surface area contributed by atoms with E-state index in [0.29, 0.717) is 0 Å². The predicted octanol–water partition coefficient (Wildman–Crippen LogP) is 4.34. The highest BCUT2D eigenvalue weighted by atomic mass is 32.1. The minimum Gasteiger partial charge on any atom is -0.484 e. The van der Waals surface area contributed by atoms with Gasteiger partial charge in [0.1, 0.15) is 5.75 Å². The summed E-state index contributed by atoms with van der Waals surface area (Å²) < 4.78 is 5.64. The van der Waals surface area contributed by atoms with E-state index in [9.17, 15) is 4.79 Å². The number of nitrogens with one attached hydrogen (secondary N) is 1. The Hall–Kier alpha value is -2.59. The summed E-state index contributed by atoms with van der Waals surface area (Å²) in [5, 5.41) is 5.09. The minimum atomic E-state index is -0.154. The fourth-order valence-electron chi connectivity index (χ4n) is 2.48. The van der Waals surface area contributed by atoms with Crippen LogP contribution in [0.5, 0.6) is 5.75 Å². The summed E-state index contributed by atoms with van der Waals surface area (Å²) in [4.78, 5) is 13.5. The van der Waals surface area contributed by atoms with Crippen LogP contribution in [0.1, 0.15) is 22.0 Å². The van der Waals surface area contributed by atoms with Gasteiger partial charge in [-0.2, -0.15) is 0 Å². The molecule has 1 amide bonds. The number of ether oxygens (including phenoxy) is 1. The molecule has 0 aliphatic rings. The van der Waals surface area contributed by atoms with Gasteiger partial charge in [0.2, 0.25) is 0 Å². The standard InChI is InChI=1S/C20H19NO2S/c1-15-8-5-6-11-17(15)23-14-19(22)21-20(18-12-7-13-24-18)16-9-3-2-4-10-16/h2-13,20H,14H2,1H3,(H,21,22)/t20-/m1/s1. The molecule has 0 radical (unpaired) electrons. The van der Waals surface area contributed by atoms with E-state index in [0.717, 1.165) is 21.8 Å². The average molecular weight is 337 g/mol. The zero-order valence-corrected chi connectivity index (χ0v) is 14.3. The summed E-state index contributed by atoms with van der Waals surface area (Å²) in [6.45, 7) is 1.96. The van der Waals surface area contributed by atoms with Crippen LogP contribution in [-0.2, 0) is 4.79 Å². The summed E-state index contributed by atoms with van der Waals surface area (Å²) >= 11 is 1.63. The van der Waals surface area contributed by atoms with E-state index in [-0.39, 0.29) is 18.6 Å². The first kappa shape index (κ1) is 16.3. The Bertz CT molecular complexity index is 784. The van der Waals surface area contributed by atoms with E-state index >= 15 is 0 Å². The highest BCUT2D eigenvalue weighted by Crippen LogP contribution is 2.26. The Labute approximate surface area is 145 Å². The number of aryl methyl sites for hydroxylation is 1. The van der Waals surface area contributed by atoms with Gasteiger partial charge in [-0.15, -0.1) is 11.3 Å². The summed E-state index contributed by atoms with van der Waals surface area (Å²) in [7, 11) is 0. The van der Waals surface area contributed by atoms with Crippen LogP contribution in [0.25, 0.3) is 0 Å². The van der Waals surface area contributed by atoms with E-state index in [4.69, 9.17) is 4.74 Å². The number of hydrogen-bond donors (Lipinski definition) is 1. The number of carbonyl (C=O) groups is 1. The minimum absolute atomic E-state index is 0.000434. The molecule has 3 aromatic rings. The van der Waals surface area contributed by atoms with Crippen molar-refractivity contribution in [2.45, 2.75) is 13.0 Å². The number of benzene rings is 2. The third-order valence-electron chi connectivity index (χ3n) is 3.72. The van der Waals surface area contributed by atoms with Crippen molar-refractivity contribution in [3.63, 3.8) is 0 Å². The van der Waals surface area contributed by atoms with E-state index < -0.39 is 0 Å². The first-order valence-electron chi connectivity index (χ1n) is 7.80. The van der Waals surface area contributed by atoms with Crippen molar-refractivity contribution in [2.24, 2.45) is 0 Å². The largest absolute Gasteiger partial charge is 0.484 e. The Morgan fingerprint density at radius 1 is 1.04 bits per heavy atom. The summed E-state index contributed by atoms with van der Waals surface area (Å²) in [5.74, 6) is 0.598. The van der Waals surface area contributed by atoms with Gasteiger partial charge in [0.05, 0.1) is 6.04 Å². The fourth-order valence-corrected chi connectivity index (χ4v) is 3.29. The van der Waals surface area contributed by atoms with Crippen LogP contribution < -0.4 is 10.1 Å². The third kappa shape index (κ3) is 4.03. The molecule has 3 rings (SSSR count). The van der Waals surface area contributed by atoms with Crippen LogP contribution in [0.4, 0.5) is 0 Å². The molecular weight excluding hydrogens is 318 g/mol. The molecule has 0 aliphatic carbocycles. The molecule has 0 saturated carbocycles. The molecule has 0 spiro atoms. The van der Waals surface area contributed by atoms with Crippen LogP contribution in [0.3, 0.4) is 0 Å². The van der Waals surface area contributed by atoms with Crippen LogP contribution in [0, 0.1) is 6.92 Å². The molecule has 0 aliphatic heterocycles. The first-order chi connectivity index (χ1) is 11.7. The molecular formula is C20H19NO2S. The number of thiophene rings is 1. The maximum atomic E-state index is 12.4. The molecule has 24 heavy (non-hydrogen) atoms. The second-order valence-corrected chi connectivity index (χ2v) is 6.46. The van der Waals surface area contributed by atoms with E-state index in [1.807, 2.05) is 79.0 Å². The van der Waals surface area contributed by atoms with Gasteiger partial charge in [0, 0.05) is 4.88 Å². The van der Waals surface area contributed by atoms with Crippen molar-refractivity contribution < 1.29 is 9.53 Å². The van der Waals surface area contributed by atoms with Crippen molar-refractivity contribution in [2.75, 3.05) is 6.61 Å². The van der Waals surface area contributed by atoms with Gasteiger partial charge in [0.15, 0.2) is 6.61 Å². The lowest BCUT2D eigenvalue weighted by atomic mass is 10.1. The van der Waals surface area contributed by atoms with Gasteiger partial charge in [-0.3, -0.25) is 4.79 Å². The molecule has 3 nitrogen and oxygen atoms in total. The second-order valence-electron chi connectivity index (χ2n) is 5.48. The molecule has 1 N–H and O–H groups in total. The number of carbonyl (C=O) groups excluding carboxylic acids is 1. The molecule has 0 bridgehead atoms. The maximum absolute atomic E-state index is 12.4. The zero-order chi connectivity index (χ0) is 16.8. The SMILES string of the molecule is Cc1ccccc1OCC(=O)N[C@H](c1ccccc1)c1cccs1. The van der Waals surface area contributed by atoms with E-state index in [1.165, 1.54) is 0 Å². The monoisotopic (exact) mass is 337 g/mol. The molecule has 0 saturated heterocycles. The first-order valence-corrected chi connectivity index (χ1v) is 8.68. The zero-order valence-electron chi connectivity index (χ0n) is 13.4. The van der Waals surface area contributed by atoms with Crippen molar-refractivity contribution in [3.05, 3.63) is 88.1 Å². The molecule has 0 unspecified atom stereocenters. The number of rotatable bonds is 6. The predicted molar refractivity (Wildman–Crippen MR) is 97.4 cm³/mol. The Balaban J connectivity index is 1.69. The summed E-state index contributed by atoms with van der Waals surface area (Å²) in [6, 6.07) is 21.5. The topological polar surface area (TPSA) is 38.3 Å². The number of hydrogen-bond acceptors (Lipinski definition) is 3. The van der Waals surface area contributed by atoms with Crippen LogP contribution in [0.15, 0.2) is 72.1 Å². The van der Waals surface area contributed by atoms with Gasteiger partial charge in [-0.05, 0) is 35.6 Å². The highest BCUT2D eigenvalue weighted by molar-refractivity contribution is 7.10. The van der Waals surface area contributed by atoms with Crippen LogP contribution in [-0.4, -0.2) is 12.5 Å². The van der Waals surface area contributed by atoms with Gasteiger partial charge in [-0.1, -0.05) is 54.6 Å². The Kier molecular flexibility index (Phi) is 5.29. The molecule has 4 heteroatoms. The number of amides is 1. The molecule has 2 aromatic carbocycles. The molecule has 1 heterocycles. The normalized spacial score (nSPS) is 11.7. The Morgan fingerprint density at radius 2 is 1.79 bits per heavy atom. The van der Waals surface area contributed by atoms with Gasteiger partial charge in [0.25, 0.3) is 5.91 Å². The second kappa shape index (κ2) is 7.79. The van der Waals surface area contributed by atoms with Gasteiger partial charge < -0.3 is 10.1 Å². The van der Waals surface area contributed by atoms with Crippen molar-refractivity contribution >= 4 is 17.2 Å². The van der Waals surface area contributed by atoms with Crippen LogP contribution >= 0.6 is 11.3 Å². The maximum Gasteiger partial charge on any atom is 0.258 e. The van der Waals surface area contributed by atoms with Gasteiger partial charge >= 0.3 is 0 Å². The lowest BCUT2D eigenvalue weighted by Gasteiger charge is -2.18. The van der Waals surface area contributed by atoms with Gasteiger partial charge in [-0.25, -0.2) is 0 Å². The average Bonchev–Trinajstić information content (AvgIpc) is 3.14. The summed E-state index contributed by atoms with van der Waals surface area (Å²) in [5.41, 5.74) is 2.08. The lowest BCUT2D eigenvalue weighted by molar-refractivity contribution is -0.123.